The van der Waals surface area contributed by atoms with Crippen LogP contribution >= 0.6 is 0 Å². The monoisotopic (exact) mass is 217 g/mol. The van der Waals surface area contributed by atoms with Crippen LogP contribution < -0.4 is 16.4 Å². The van der Waals surface area contributed by atoms with Crippen molar-refractivity contribution >= 4 is 11.8 Å². The number of hydrogen-bond donors (Lipinski definition) is 3. The lowest BCUT2D eigenvalue weighted by Crippen LogP contribution is -2.43. The zero-order valence-corrected chi connectivity index (χ0v) is 9.21. The molecule has 0 radical (unpaired) electrons. The molecule has 0 aliphatic carbocycles. The number of rotatable bonds is 7. The highest BCUT2D eigenvalue weighted by molar-refractivity contribution is 5.85. The second-order valence-corrected chi connectivity index (χ2v) is 3.11. The normalized spacial score (nSPS) is 11.9. The molecule has 1 unspecified atom stereocenters. The summed E-state index contributed by atoms with van der Waals surface area (Å²) in [6.07, 6.45) is 0. The van der Waals surface area contributed by atoms with Gasteiger partial charge in [0.05, 0.1) is 19.7 Å². The number of ether oxygens (including phenoxy) is 1. The topological polar surface area (TPSA) is 93.5 Å². The van der Waals surface area contributed by atoms with Crippen LogP contribution in [0.5, 0.6) is 0 Å². The predicted molar refractivity (Wildman–Crippen MR) is 56.2 cm³/mol. The van der Waals surface area contributed by atoms with Crippen LogP contribution in [0.25, 0.3) is 0 Å². The van der Waals surface area contributed by atoms with E-state index in [1.165, 1.54) is 0 Å². The molecule has 0 aliphatic rings. The summed E-state index contributed by atoms with van der Waals surface area (Å²) in [6, 6.07) is -0.0628. The average Bonchev–Trinajstić information content (AvgIpc) is 2.22. The van der Waals surface area contributed by atoms with Crippen molar-refractivity contribution in [3.63, 3.8) is 0 Å². The lowest BCUT2D eigenvalue weighted by molar-refractivity contribution is -0.125. The molecule has 6 heteroatoms. The molecule has 0 heterocycles. The first-order valence-electron chi connectivity index (χ1n) is 4.94. The van der Waals surface area contributed by atoms with E-state index in [0.29, 0.717) is 13.2 Å². The Kier molecular flexibility index (Phi) is 7.57. The standard InChI is InChI=1S/C9H19N3O3/c1-3-15-6-7(2)12-9(14)5-11-8(13)4-10/h7H,3-6,10H2,1-2H3,(H,11,13)(H,12,14). The maximum Gasteiger partial charge on any atom is 0.239 e. The Hall–Kier alpha value is -1.14. The highest BCUT2D eigenvalue weighted by Gasteiger charge is 2.07. The molecule has 2 amide bonds. The molecule has 0 aromatic heterocycles. The first kappa shape index (κ1) is 13.9. The molecule has 1 atom stereocenters. The summed E-state index contributed by atoms with van der Waals surface area (Å²) >= 11 is 0. The second kappa shape index (κ2) is 8.19. The Balaban J connectivity index is 3.59. The van der Waals surface area contributed by atoms with Gasteiger partial charge in [0.25, 0.3) is 0 Å². The summed E-state index contributed by atoms with van der Waals surface area (Å²) in [7, 11) is 0. The minimum Gasteiger partial charge on any atom is -0.380 e. The van der Waals surface area contributed by atoms with Gasteiger partial charge in [0.2, 0.25) is 11.8 Å². The van der Waals surface area contributed by atoms with E-state index in [4.69, 9.17) is 10.5 Å². The van der Waals surface area contributed by atoms with E-state index in [-0.39, 0.29) is 30.9 Å². The van der Waals surface area contributed by atoms with Gasteiger partial charge in [-0.25, -0.2) is 0 Å². The van der Waals surface area contributed by atoms with E-state index in [2.05, 4.69) is 10.6 Å². The van der Waals surface area contributed by atoms with Crippen LogP contribution in [-0.2, 0) is 14.3 Å². The number of carbonyl (C=O) groups is 2. The van der Waals surface area contributed by atoms with Crippen LogP contribution in [0.4, 0.5) is 0 Å². The minimum absolute atomic E-state index is 0.0491. The largest absolute Gasteiger partial charge is 0.380 e. The first-order valence-corrected chi connectivity index (χ1v) is 4.94. The third-order valence-corrected chi connectivity index (χ3v) is 1.61. The molecule has 0 aromatic rings. The van der Waals surface area contributed by atoms with Crippen LogP contribution in [0.15, 0.2) is 0 Å². The maximum atomic E-state index is 11.2. The Morgan fingerprint density at radius 3 is 2.60 bits per heavy atom. The van der Waals surface area contributed by atoms with Gasteiger partial charge in [0.1, 0.15) is 0 Å². The van der Waals surface area contributed by atoms with Crippen LogP contribution in [0.1, 0.15) is 13.8 Å². The third-order valence-electron chi connectivity index (χ3n) is 1.61. The molecule has 0 bridgehead atoms. The number of carbonyl (C=O) groups excluding carboxylic acids is 2. The highest BCUT2D eigenvalue weighted by Crippen LogP contribution is 1.83. The van der Waals surface area contributed by atoms with Gasteiger partial charge in [-0.2, -0.15) is 0 Å². The zero-order chi connectivity index (χ0) is 11.7. The molecule has 0 spiro atoms. The fourth-order valence-electron chi connectivity index (χ4n) is 0.913. The lowest BCUT2D eigenvalue weighted by Gasteiger charge is -2.13. The molecule has 0 saturated heterocycles. The van der Waals surface area contributed by atoms with Gasteiger partial charge < -0.3 is 21.1 Å². The summed E-state index contributed by atoms with van der Waals surface area (Å²) in [6.45, 7) is 4.64. The van der Waals surface area contributed by atoms with E-state index in [1.807, 2.05) is 13.8 Å². The summed E-state index contributed by atoms with van der Waals surface area (Å²) in [5.41, 5.74) is 5.06. The zero-order valence-electron chi connectivity index (χ0n) is 9.21. The molecule has 0 fully saturated rings. The Morgan fingerprint density at radius 2 is 2.07 bits per heavy atom. The molecular weight excluding hydrogens is 198 g/mol. The molecule has 4 N–H and O–H groups in total. The van der Waals surface area contributed by atoms with Gasteiger partial charge in [-0.3, -0.25) is 9.59 Å². The van der Waals surface area contributed by atoms with E-state index >= 15 is 0 Å². The van der Waals surface area contributed by atoms with Crippen LogP contribution in [0, 0.1) is 0 Å². The van der Waals surface area contributed by atoms with Gasteiger partial charge in [-0.1, -0.05) is 0 Å². The van der Waals surface area contributed by atoms with Gasteiger partial charge in [-0.05, 0) is 13.8 Å². The first-order chi connectivity index (χ1) is 7.10. The molecule has 6 nitrogen and oxygen atoms in total. The van der Waals surface area contributed by atoms with Crippen LogP contribution in [-0.4, -0.2) is 44.2 Å². The average molecular weight is 217 g/mol. The third kappa shape index (κ3) is 7.90. The van der Waals surface area contributed by atoms with E-state index < -0.39 is 0 Å². The Morgan fingerprint density at radius 1 is 1.40 bits per heavy atom. The van der Waals surface area contributed by atoms with Crippen molar-refractivity contribution in [2.24, 2.45) is 5.73 Å². The fraction of sp³-hybridized carbons (Fsp3) is 0.778. The number of amides is 2. The maximum absolute atomic E-state index is 11.2. The van der Waals surface area contributed by atoms with Crippen molar-refractivity contribution < 1.29 is 14.3 Å². The Bertz CT molecular complexity index is 209. The molecule has 0 rings (SSSR count). The number of nitrogens with two attached hydrogens (primary N) is 1. The van der Waals surface area contributed by atoms with Gasteiger partial charge in [0, 0.05) is 12.6 Å². The minimum atomic E-state index is -0.345. The summed E-state index contributed by atoms with van der Waals surface area (Å²) < 4.78 is 5.12. The molecule has 0 aliphatic heterocycles. The molecule has 15 heavy (non-hydrogen) atoms. The SMILES string of the molecule is CCOCC(C)NC(=O)CNC(=O)CN. The molecule has 0 saturated carbocycles. The predicted octanol–water partition coefficient (Wildman–Crippen LogP) is -1.40. The van der Waals surface area contributed by atoms with Crippen molar-refractivity contribution in [3.05, 3.63) is 0 Å². The van der Waals surface area contributed by atoms with Crippen molar-refractivity contribution in [1.82, 2.24) is 10.6 Å². The fourth-order valence-corrected chi connectivity index (χ4v) is 0.913. The summed E-state index contributed by atoms with van der Waals surface area (Å²) in [5.74, 6) is -0.591. The van der Waals surface area contributed by atoms with Crippen molar-refractivity contribution in [2.75, 3.05) is 26.3 Å². The highest BCUT2D eigenvalue weighted by atomic mass is 16.5. The van der Waals surface area contributed by atoms with E-state index in [1.54, 1.807) is 0 Å². The molecule has 0 aromatic carbocycles. The summed E-state index contributed by atoms with van der Waals surface area (Å²) in [4.78, 5) is 21.9. The van der Waals surface area contributed by atoms with E-state index in [0.717, 1.165) is 0 Å². The summed E-state index contributed by atoms with van der Waals surface area (Å²) in [5, 5.41) is 5.05. The second-order valence-electron chi connectivity index (χ2n) is 3.11. The Labute approximate surface area is 89.5 Å². The molecular formula is C9H19N3O3. The van der Waals surface area contributed by atoms with E-state index in [9.17, 15) is 9.59 Å². The van der Waals surface area contributed by atoms with Crippen LogP contribution in [0.2, 0.25) is 0 Å². The number of nitrogens with one attached hydrogen (secondary N) is 2. The van der Waals surface area contributed by atoms with Crippen molar-refractivity contribution in [1.29, 1.82) is 0 Å². The van der Waals surface area contributed by atoms with Crippen molar-refractivity contribution in [2.45, 2.75) is 19.9 Å². The number of hydrogen-bond acceptors (Lipinski definition) is 4. The smallest absolute Gasteiger partial charge is 0.239 e. The lowest BCUT2D eigenvalue weighted by atomic mass is 10.3. The van der Waals surface area contributed by atoms with Gasteiger partial charge in [0.15, 0.2) is 0 Å². The van der Waals surface area contributed by atoms with Gasteiger partial charge in [-0.15, -0.1) is 0 Å². The van der Waals surface area contributed by atoms with Gasteiger partial charge >= 0.3 is 0 Å². The van der Waals surface area contributed by atoms with Crippen molar-refractivity contribution in [3.8, 4) is 0 Å². The quantitative estimate of drug-likeness (QED) is 0.489. The van der Waals surface area contributed by atoms with Crippen LogP contribution in [0.3, 0.4) is 0 Å². The molecule has 88 valence electrons.